The van der Waals surface area contributed by atoms with Gasteiger partial charge in [-0.3, -0.25) is 4.72 Å². The molecule has 0 unspecified atom stereocenters. The molecule has 0 bridgehead atoms. The smallest absolute Gasteiger partial charge is 0.320 e. The molecule has 114 valence electrons. The summed E-state index contributed by atoms with van der Waals surface area (Å²) in [5.74, 6) is -0.208. The van der Waals surface area contributed by atoms with Gasteiger partial charge in [-0.15, -0.1) is 0 Å². The van der Waals surface area contributed by atoms with Gasteiger partial charge in [-0.25, -0.2) is 8.42 Å². The van der Waals surface area contributed by atoms with Crippen LogP contribution in [0, 0.1) is 0 Å². The van der Waals surface area contributed by atoms with Gasteiger partial charge in [0.1, 0.15) is 0 Å². The van der Waals surface area contributed by atoms with Crippen LogP contribution in [-0.4, -0.2) is 27.8 Å². The average molecular weight is 331 g/mol. The van der Waals surface area contributed by atoms with Crippen molar-refractivity contribution < 1.29 is 21.6 Å². The van der Waals surface area contributed by atoms with Crippen molar-refractivity contribution in [2.24, 2.45) is 0 Å². The highest BCUT2D eigenvalue weighted by atomic mass is 35.5. The van der Waals surface area contributed by atoms with Gasteiger partial charge in [0.25, 0.3) is 0 Å². The van der Waals surface area contributed by atoms with Crippen molar-refractivity contribution in [2.75, 3.05) is 24.1 Å². The predicted molar refractivity (Wildman–Crippen MR) is 72.4 cm³/mol. The zero-order valence-corrected chi connectivity index (χ0v) is 12.2. The van der Waals surface area contributed by atoms with Crippen LogP contribution in [0.4, 0.5) is 18.9 Å². The van der Waals surface area contributed by atoms with Gasteiger partial charge >= 0.3 is 6.18 Å². The standard InChI is InChI=1S/C11H14ClF3N2O2S/c1-16-5-2-6-20(18,19)17-10-7-8(11(13,14)15)3-4-9(10)12/h3-4,7,16-17H,2,5-6H2,1H3. The number of alkyl halides is 3. The summed E-state index contributed by atoms with van der Waals surface area (Å²) in [5.41, 5.74) is -1.24. The number of benzene rings is 1. The Kier molecular flexibility index (Phi) is 5.67. The molecule has 0 aliphatic carbocycles. The Morgan fingerprint density at radius 1 is 1.30 bits per heavy atom. The van der Waals surface area contributed by atoms with Crippen LogP contribution in [0.15, 0.2) is 18.2 Å². The van der Waals surface area contributed by atoms with Crippen molar-refractivity contribution in [2.45, 2.75) is 12.6 Å². The fourth-order valence-electron chi connectivity index (χ4n) is 1.44. The molecule has 0 radical (unpaired) electrons. The first-order valence-corrected chi connectivity index (χ1v) is 7.70. The molecule has 0 fully saturated rings. The maximum Gasteiger partial charge on any atom is 0.416 e. The van der Waals surface area contributed by atoms with E-state index in [0.717, 1.165) is 12.1 Å². The average Bonchev–Trinajstić information content (AvgIpc) is 2.30. The molecular formula is C11H14ClF3N2O2S. The molecule has 4 nitrogen and oxygen atoms in total. The molecule has 0 aliphatic heterocycles. The third kappa shape index (κ3) is 5.18. The van der Waals surface area contributed by atoms with Crippen LogP contribution in [0.5, 0.6) is 0 Å². The van der Waals surface area contributed by atoms with Crippen molar-refractivity contribution in [3.8, 4) is 0 Å². The number of anilines is 1. The summed E-state index contributed by atoms with van der Waals surface area (Å²) in [4.78, 5) is 0. The first kappa shape index (κ1) is 17.1. The van der Waals surface area contributed by atoms with Crippen LogP contribution >= 0.6 is 11.6 Å². The van der Waals surface area contributed by atoms with Crippen molar-refractivity contribution in [1.82, 2.24) is 5.32 Å². The van der Waals surface area contributed by atoms with E-state index in [2.05, 4.69) is 10.0 Å². The zero-order valence-electron chi connectivity index (χ0n) is 10.6. The molecule has 1 rings (SSSR count). The maximum atomic E-state index is 12.6. The van der Waals surface area contributed by atoms with Crippen LogP contribution < -0.4 is 10.0 Å². The zero-order chi connectivity index (χ0) is 15.4. The first-order valence-electron chi connectivity index (χ1n) is 5.67. The van der Waals surface area contributed by atoms with E-state index in [1.807, 2.05) is 0 Å². The molecule has 9 heteroatoms. The Labute approximate surface area is 120 Å². The molecule has 0 aliphatic rings. The van der Waals surface area contributed by atoms with Gasteiger partial charge in [0, 0.05) is 0 Å². The molecule has 0 saturated carbocycles. The molecule has 0 aromatic heterocycles. The highest BCUT2D eigenvalue weighted by molar-refractivity contribution is 7.92. The minimum atomic E-state index is -4.56. The number of hydrogen-bond donors (Lipinski definition) is 2. The third-order valence-electron chi connectivity index (χ3n) is 2.40. The molecule has 0 heterocycles. The lowest BCUT2D eigenvalue weighted by Crippen LogP contribution is -2.20. The molecule has 1 aromatic rings. The van der Waals surface area contributed by atoms with E-state index in [0.29, 0.717) is 19.0 Å². The summed E-state index contributed by atoms with van der Waals surface area (Å²) in [5, 5.41) is 2.69. The summed E-state index contributed by atoms with van der Waals surface area (Å²) in [7, 11) is -2.06. The van der Waals surface area contributed by atoms with Gasteiger partial charge in [0.05, 0.1) is 22.0 Å². The number of nitrogens with one attached hydrogen (secondary N) is 2. The second kappa shape index (κ2) is 6.64. The first-order chi connectivity index (χ1) is 9.15. The minimum Gasteiger partial charge on any atom is -0.320 e. The summed E-state index contributed by atoms with van der Waals surface area (Å²) in [6.45, 7) is 0.483. The van der Waals surface area contributed by atoms with E-state index in [-0.39, 0.29) is 16.5 Å². The van der Waals surface area contributed by atoms with Gasteiger partial charge in [-0.2, -0.15) is 13.2 Å². The van der Waals surface area contributed by atoms with Crippen molar-refractivity contribution >= 4 is 27.3 Å². The largest absolute Gasteiger partial charge is 0.416 e. The van der Waals surface area contributed by atoms with E-state index in [1.165, 1.54) is 0 Å². The van der Waals surface area contributed by atoms with Crippen LogP contribution in [0.25, 0.3) is 0 Å². The Balaban J connectivity index is 2.91. The summed E-state index contributed by atoms with van der Waals surface area (Å²) < 4.78 is 63.1. The molecule has 1 aromatic carbocycles. The lowest BCUT2D eigenvalue weighted by molar-refractivity contribution is -0.137. The molecule has 20 heavy (non-hydrogen) atoms. The second-order valence-electron chi connectivity index (χ2n) is 4.07. The summed E-state index contributed by atoms with van der Waals surface area (Å²) in [6.07, 6.45) is -4.22. The Morgan fingerprint density at radius 3 is 2.50 bits per heavy atom. The topological polar surface area (TPSA) is 58.2 Å². The SMILES string of the molecule is CNCCCS(=O)(=O)Nc1cc(C(F)(F)F)ccc1Cl. The summed E-state index contributed by atoms with van der Waals surface area (Å²) in [6, 6.07) is 2.48. The van der Waals surface area contributed by atoms with Crippen molar-refractivity contribution in [1.29, 1.82) is 0 Å². The third-order valence-corrected chi connectivity index (χ3v) is 4.09. The lowest BCUT2D eigenvalue weighted by atomic mass is 10.2. The van der Waals surface area contributed by atoms with Crippen LogP contribution in [0.3, 0.4) is 0 Å². The van der Waals surface area contributed by atoms with Gasteiger partial charge in [0.2, 0.25) is 10.0 Å². The van der Waals surface area contributed by atoms with E-state index in [1.54, 1.807) is 7.05 Å². The predicted octanol–water partition coefficient (Wildman–Crippen LogP) is 2.71. The van der Waals surface area contributed by atoms with Gasteiger partial charge in [-0.1, -0.05) is 11.6 Å². The second-order valence-corrected chi connectivity index (χ2v) is 6.32. The fourth-order valence-corrected chi connectivity index (χ4v) is 2.79. The Morgan fingerprint density at radius 2 is 1.95 bits per heavy atom. The molecule has 0 amide bonds. The molecule has 0 spiro atoms. The maximum absolute atomic E-state index is 12.6. The van der Waals surface area contributed by atoms with E-state index >= 15 is 0 Å². The monoisotopic (exact) mass is 330 g/mol. The number of sulfonamides is 1. The molecule has 0 saturated heterocycles. The summed E-state index contributed by atoms with van der Waals surface area (Å²) >= 11 is 5.71. The van der Waals surface area contributed by atoms with E-state index < -0.39 is 21.8 Å². The Bertz CT molecular complexity index is 561. The number of halogens is 4. The fraction of sp³-hybridized carbons (Fsp3) is 0.455. The highest BCUT2D eigenvalue weighted by Crippen LogP contribution is 2.34. The van der Waals surface area contributed by atoms with Crippen LogP contribution in [-0.2, 0) is 16.2 Å². The molecule has 2 N–H and O–H groups in total. The molecule has 0 atom stereocenters. The highest BCUT2D eigenvalue weighted by Gasteiger charge is 2.31. The van der Waals surface area contributed by atoms with Gasteiger partial charge in [-0.05, 0) is 38.2 Å². The molecular weight excluding hydrogens is 317 g/mol. The van der Waals surface area contributed by atoms with E-state index in [9.17, 15) is 21.6 Å². The van der Waals surface area contributed by atoms with E-state index in [4.69, 9.17) is 11.6 Å². The quantitative estimate of drug-likeness (QED) is 0.788. The number of rotatable bonds is 6. The van der Waals surface area contributed by atoms with Crippen molar-refractivity contribution in [3.63, 3.8) is 0 Å². The normalized spacial score (nSPS) is 12.4. The van der Waals surface area contributed by atoms with Crippen LogP contribution in [0.2, 0.25) is 5.02 Å². The van der Waals surface area contributed by atoms with Gasteiger partial charge < -0.3 is 5.32 Å². The lowest BCUT2D eigenvalue weighted by Gasteiger charge is -2.12. The minimum absolute atomic E-state index is 0.0878. The van der Waals surface area contributed by atoms with Crippen molar-refractivity contribution in [3.05, 3.63) is 28.8 Å². The van der Waals surface area contributed by atoms with Gasteiger partial charge in [0.15, 0.2) is 0 Å². The van der Waals surface area contributed by atoms with Crippen LogP contribution in [0.1, 0.15) is 12.0 Å². The number of hydrogen-bond acceptors (Lipinski definition) is 3. The Hall–Kier alpha value is -0.990.